The van der Waals surface area contributed by atoms with Crippen LogP contribution in [0.15, 0.2) is 22.6 Å². The topological polar surface area (TPSA) is 16.4 Å². The zero-order valence-electron chi connectivity index (χ0n) is 11.0. The molecule has 100 valence electrons. The van der Waals surface area contributed by atoms with E-state index < -0.39 is 0 Å². The molecule has 3 heteroatoms. The van der Waals surface area contributed by atoms with Crippen LogP contribution < -0.4 is 0 Å². The van der Waals surface area contributed by atoms with Crippen molar-refractivity contribution in [1.29, 1.82) is 0 Å². The molecule has 0 unspecified atom stereocenters. The maximum Gasteiger partial charge on any atom is 0.137 e. The van der Waals surface area contributed by atoms with Crippen molar-refractivity contribution >= 4 is 11.0 Å². The van der Waals surface area contributed by atoms with Crippen LogP contribution in [0.1, 0.15) is 30.6 Å². The van der Waals surface area contributed by atoms with Gasteiger partial charge in [0.2, 0.25) is 0 Å². The van der Waals surface area contributed by atoms with Gasteiger partial charge in [0, 0.05) is 42.6 Å². The van der Waals surface area contributed by atoms with Gasteiger partial charge in [-0.05, 0) is 31.4 Å². The van der Waals surface area contributed by atoms with Crippen LogP contribution in [0.25, 0.3) is 11.0 Å². The van der Waals surface area contributed by atoms with Crippen molar-refractivity contribution in [2.75, 3.05) is 13.1 Å². The molecular weight excluding hydrogens is 241 g/mol. The second-order valence-corrected chi connectivity index (χ2v) is 5.76. The Morgan fingerprint density at radius 1 is 1.16 bits per heavy atom. The molecule has 2 aliphatic rings. The highest BCUT2D eigenvalue weighted by Gasteiger charge is 2.28. The van der Waals surface area contributed by atoms with Crippen molar-refractivity contribution < 1.29 is 8.81 Å². The summed E-state index contributed by atoms with van der Waals surface area (Å²) in [5.41, 5.74) is 2.01. The quantitative estimate of drug-likeness (QED) is 0.779. The van der Waals surface area contributed by atoms with Crippen LogP contribution in [0.4, 0.5) is 4.39 Å². The molecule has 0 atom stereocenters. The summed E-state index contributed by atoms with van der Waals surface area (Å²) in [4.78, 5) is 2.61. The molecule has 19 heavy (non-hydrogen) atoms. The van der Waals surface area contributed by atoms with Gasteiger partial charge in [-0.15, -0.1) is 0 Å². The van der Waals surface area contributed by atoms with E-state index in [1.165, 1.54) is 37.0 Å². The van der Waals surface area contributed by atoms with Crippen LogP contribution in [0.2, 0.25) is 0 Å². The van der Waals surface area contributed by atoms with Crippen LogP contribution in [0.3, 0.4) is 0 Å². The first-order valence-corrected chi connectivity index (χ1v) is 7.25. The SMILES string of the molecule is Fc1ccc2c3c(oc2c1)CCN(C1CCC1)CC3. The average Bonchev–Trinajstić information content (AvgIpc) is 2.54. The fourth-order valence-corrected chi connectivity index (χ4v) is 3.38. The molecule has 1 saturated carbocycles. The van der Waals surface area contributed by atoms with Gasteiger partial charge in [0.25, 0.3) is 0 Å². The Hall–Kier alpha value is -1.35. The minimum absolute atomic E-state index is 0.215. The largest absolute Gasteiger partial charge is 0.461 e. The van der Waals surface area contributed by atoms with Crippen LogP contribution in [-0.4, -0.2) is 24.0 Å². The summed E-state index contributed by atoms with van der Waals surface area (Å²) in [7, 11) is 0. The smallest absolute Gasteiger partial charge is 0.137 e. The van der Waals surface area contributed by atoms with E-state index in [1.807, 2.05) is 6.07 Å². The Morgan fingerprint density at radius 2 is 2.00 bits per heavy atom. The van der Waals surface area contributed by atoms with Crippen LogP contribution in [-0.2, 0) is 12.8 Å². The number of rotatable bonds is 1. The standard InChI is InChI=1S/C16H18FNO/c17-11-4-5-13-14-6-8-18(12-2-1-3-12)9-7-15(14)19-16(13)10-11/h4-5,10,12H,1-3,6-9H2. The Labute approximate surface area is 112 Å². The second-order valence-electron chi connectivity index (χ2n) is 5.76. The van der Waals surface area contributed by atoms with Gasteiger partial charge in [-0.1, -0.05) is 6.42 Å². The maximum absolute atomic E-state index is 13.2. The van der Waals surface area contributed by atoms with Crippen molar-refractivity contribution in [2.24, 2.45) is 0 Å². The van der Waals surface area contributed by atoms with Crippen LogP contribution in [0.5, 0.6) is 0 Å². The molecular formula is C16H18FNO. The number of hydrogen-bond acceptors (Lipinski definition) is 2. The van der Waals surface area contributed by atoms with Gasteiger partial charge in [0.15, 0.2) is 0 Å². The fourth-order valence-electron chi connectivity index (χ4n) is 3.38. The first-order valence-electron chi connectivity index (χ1n) is 7.25. The third-order valence-corrected chi connectivity index (χ3v) is 4.70. The Bertz CT molecular complexity index is 614. The minimum atomic E-state index is -0.215. The van der Waals surface area contributed by atoms with Gasteiger partial charge in [-0.3, -0.25) is 4.90 Å². The van der Waals surface area contributed by atoms with Crippen molar-refractivity contribution in [3.05, 3.63) is 35.3 Å². The lowest BCUT2D eigenvalue weighted by atomic mass is 9.91. The molecule has 2 heterocycles. The molecule has 0 bridgehead atoms. The summed E-state index contributed by atoms with van der Waals surface area (Å²) in [6, 6.07) is 5.71. The van der Waals surface area contributed by atoms with Crippen molar-refractivity contribution in [2.45, 2.75) is 38.1 Å². The maximum atomic E-state index is 13.2. The number of furan rings is 1. The van der Waals surface area contributed by atoms with E-state index in [0.717, 1.165) is 43.1 Å². The van der Waals surface area contributed by atoms with Crippen molar-refractivity contribution in [3.8, 4) is 0 Å². The average molecular weight is 259 g/mol. The number of benzene rings is 1. The lowest BCUT2D eigenvalue weighted by Crippen LogP contribution is -2.41. The van der Waals surface area contributed by atoms with Gasteiger partial charge in [-0.2, -0.15) is 0 Å². The highest BCUT2D eigenvalue weighted by molar-refractivity contribution is 5.82. The molecule has 0 amide bonds. The summed E-state index contributed by atoms with van der Waals surface area (Å²) in [5.74, 6) is 0.856. The van der Waals surface area contributed by atoms with Gasteiger partial charge in [-0.25, -0.2) is 4.39 Å². The molecule has 0 N–H and O–H groups in total. The van der Waals surface area contributed by atoms with E-state index in [9.17, 15) is 4.39 Å². The summed E-state index contributed by atoms with van der Waals surface area (Å²) in [5, 5.41) is 1.10. The number of fused-ring (bicyclic) bond motifs is 3. The van der Waals surface area contributed by atoms with Crippen molar-refractivity contribution in [1.82, 2.24) is 4.90 Å². The molecule has 1 aromatic carbocycles. The van der Waals surface area contributed by atoms with E-state index in [0.29, 0.717) is 5.58 Å². The molecule has 2 aromatic rings. The van der Waals surface area contributed by atoms with Gasteiger partial charge in [0.1, 0.15) is 17.2 Å². The molecule has 0 spiro atoms. The van der Waals surface area contributed by atoms with Gasteiger partial charge >= 0.3 is 0 Å². The predicted octanol–water partition coefficient (Wildman–Crippen LogP) is 3.53. The van der Waals surface area contributed by atoms with Crippen molar-refractivity contribution in [3.63, 3.8) is 0 Å². The van der Waals surface area contributed by atoms with E-state index in [4.69, 9.17) is 4.42 Å². The second kappa shape index (κ2) is 4.34. The normalized spacial score (nSPS) is 21.1. The highest BCUT2D eigenvalue weighted by atomic mass is 19.1. The third kappa shape index (κ3) is 1.88. The lowest BCUT2D eigenvalue weighted by Gasteiger charge is -2.36. The molecule has 0 radical (unpaired) electrons. The number of nitrogens with zero attached hydrogens (tertiary/aromatic N) is 1. The first-order chi connectivity index (χ1) is 9.31. The molecule has 1 fully saturated rings. The van der Waals surface area contributed by atoms with Crippen LogP contribution in [0, 0.1) is 5.82 Å². The zero-order chi connectivity index (χ0) is 12.8. The van der Waals surface area contributed by atoms with E-state index in [1.54, 1.807) is 0 Å². The highest BCUT2D eigenvalue weighted by Crippen LogP contribution is 2.32. The summed E-state index contributed by atoms with van der Waals surface area (Å²) < 4.78 is 19.1. The van der Waals surface area contributed by atoms with E-state index in [2.05, 4.69) is 4.90 Å². The first kappa shape index (κ1) is 11.5. The van der Waals surface area contributed by atoms with Crippen LogP contribution >= 0.6 is 0 Å². The Kier molecular flexibility index (Phi) is 2.62. The van der Waals surface area contributed by atoms with E-state index >= 15 is 0 Å². The monoisotopic (exact) mass is 259 g/mol. The minimum Gasteiger partial charge on any atom is -0.461 e. The fraction of sp³-hybridized carbons (Fsp3) is 0.500. The molecule has 4 rings (SSSR count). The number of halogens is 1. The summed E-state index contributed by atoms with van der Waals surface area (Å²) in [6.07, 6.45) is 6.08. The Morgan fingerprint density at radius 3 is 2.79 bits per heavy atom. The van der Waals surface area contributed by atoms with Gasteiger partial charge in [0.05, 0.1) is 0 Å². The molecule has 1 aromatic heterocycles. The van der Waals surface area contributed by atoms with Gasteiger partial charge < -0.3 is 4.42 Å². The Balaban J connectivity index is 1.66. The molecule has 0 saturated heterocycles. The summed E-state index contributed by atoms with van der Waals surface area (Å²) in [6.45, 7) is 2.20. The lowest BCUT2D eigenvalue weighted by molar-refractivity contribution is 0.132. The molecule has 1 aliphatic carbocycles. The van der Waals surface area contributed by atoms with E-state index in [-0.39, 0.29) is 5.82 Å². The molecule has 1 aliphatic heterocycles. The predicted molar refractivity (Wildman–Crippen MR) is 72.8 cm³/mol. The zero-order valence-corrected chi connectivity index (χ0v) is 11.0. The number of hydrogen-bond donors (Lipinski definition) is 0. The molecule has 2 nitrogen and oxygen atoms in total. The summed E-state index contributed by atoms with van der Waals surface area (Å²) >= 11 is 0. The third-order valence-electron chi connectivity index (χ3n) is 4.70.